The van der Waals surface area contributed by atoms with Crippen LogP contribution in [0.15, 0.2) is 24.3 Å². The average Bonchev–Trinajstić information content (AvgIpc) is 2.67. The molecule has 3 nitrogen and oxygen atoms in total. The summed E-state index contributed by atoms with van der Waals surface area (Å²) >= 11 is 6.86. The number of nitrogens with two attached hydrogens (primary N) is 1. The lowest BCUT2D eigenvalue weighted by Crippen LogP contribution is -2.15. The monoisotopic (exact) mass is 279 g/mol. The first-order valence-electron chi connectivity index (χ1n) is 5.93. The van der Waals surface area contributed by atoms with Crippen molar-refractivity contribution >= 4 is 40.0 Å². The molecule has 0 bridgehead atoms. The van der Waals surface area contributed by atoms with Crippen molar-refractivity contribution in [2.24, 2.45) is 5.73 Å². The van der Waals surface area contributed by atoms with Crippen molar-refractivity contribution < 1.29 is 0 Å². The van der Waals surface area contributed by atoms with Gasteiger partial charge in [0.1, 0.15) is 5.82 Å². The van der Waals surface area contributed by atoms with Gasteiger partial charge in [-0.2, -0.15) is 11.8 Å². The number of para-hydroxylation sites is 2. The highest BCUT2D eigenvalue weighted by atomic mass is 32.2. The van der Waals surface area contributed by atoms with E-state index in [0.717, 1.165) is 30.1 Å². The van der Waals surface area contributed by atoms with Gasteiger partial charge in [-0.3, -0.25) is 0 Å². The Bertz CT molecular complexity index is 548. The van der Waals surface area contributed by atoms with E-state index in [1.165, 1.54) is 5.52 Å². The van der Waals surface area contributed by atoms with Crippen LogP contribution in [0.5, 0.6) is 0 Å². The lowest BCUT2D eigenvalue weighted by atomic mass is 10.3. The van der Waals surface area contributed by atoms with Gasteiger partial charge in [0.2, 0.25) is 0 Å². The Morgan fingerprint density at radius 1 is 1.44 bits per heavy atom. The number of thioether (sulfide) groups is 1. The van der Waals surface area contributed by atoms with Crippen molar-refractivity contribution in [3.05, 3.63) is 30.1 Å². The predicted octanol–water partition coefficient (Wildman–Crippen LogP) is 2.62. The van der Waals surface area contributed by atoms with Crippen LogP contribution in [0.2, 0.25) is 0 Å². The van der Waals surface area contributed by atoms with E-state index in [9.17, 15) is 0 Å². The van der Waals surface area contributed by atoms with Gasteiger partial charge >= 0.3 is 0 Å². The Hall–Kier alpha value is -1.07. The smallest absolute Gasteiger partial charge is 0.116 e. The van der Waals surface area contributed by atoms with Crippen LogP contribution in [0.3, 0.4) is 0 Å². The summed E-state index contributed by atoms with van der Waals surface area (Å²) in [5.74, 6) is 2.13. The largest absolute Gasteiger partial charge is 0.393 e. The number of aromatic nitrogens is 2. The summed E-state index contributed by atoms with van der Waals surface area (Å²) in [6.45, 7) is 0.972. The van der Waals surface area contributed by atoms with Crippen molar-refractivity contribution in [1.29, 1.82) is 0 Å². The van der Waals surface area contributed by atoms with E-state index in [4.69, 9.17) is 18.0 Å². The van der Waals surface area contributed by atoms with Crippen molar-refractivity contribution in [3.8, 4) is 0 Å². The van der Waals surface area contributed by atoms with Gasteiger partial charge in [-0.05, 0) is 30.6 Å². The van der Waals surface area contributed by atoms with E-state index in [1.54, 1.807) is 0 Å². The van der Waals surface area contributed by atoms with Crippen LogP contribution in [-0.4, -0.2) is 26.5 Å². The van der Waals surface area contributed by atoms with Gasteiger partial charge in [-0.1, -0.05) is 24.4 Å². The molecule has 0 fully saturated rings. The molecule has 18 heavy (non-hydrogen) atoms. The van der Waals surface area contributed by atoms with Crippen LogP contribution in [0, 0.1) is 0 Å². The maximum Gasteiger partial charge on any atom is 0.116 e. The molecule has 0 spiro atoms. The molecule has 0 aliphatic carbocycles. The van der Waals surface area contributed by atoms with Crippen LogP contribution in [0.1, 0.15) is 12.2 Å². The Balaban J connectivity index is 2.34. The van der Waals surface area contributed by atoms with Gasteiger partial charge in [0.25, 0.3) is 0 Å². The molecule has 0 unspecified atom stereocenters. The minimum Gasteiger partial charge on any atom is -0.393 e. The number of thiocarbonyl (C=S) groups is 1. The summed E-state index contributed by atoms with van der Waals surface area (Å²) in [4.78, 5) is 5.12. The molecule has 0 aliphatic heterocycles. The maximum atomic E-state index is 5.64. The second-order valence-corrected chi connectivity index (χ2v) is 5.67. The van der Waals surface area contributed by atoms with Crippen LogP contribution < -0.4 is 5.73 Å². The Morgan fingerprint density at radius 3 is 2.94 bits per heavy atom. The van der Waals surface area contributed by atoms with Crippen LogP contribution in [-0.2, 0) is 13.0 Å². The first kappa shape index (κ1) is 13.4. The number of imidazole rings is 1. The maximum absolute atomic E-state index is 5.64. The second kappa shape index (κ2) is 6.20. The molecule has 2 aromatic rings. The third kappa shape index (κ3) is 3.03. The normalized spacial score (nSPS) is 10.9. The van der Waals surface area contributed by atoms with Crippen molar-refractivity contribution in [1.82, 2.24) is 9.55 Å². The first-order chi connectivity index (χ1) is 8.72. The van der Waals surface area contributed by atoms with E-state index < -0.39 is 0 Å². The number of benzene rings is 1. The molecule has 0 radical (unpaired) electrons. The molecule has 0 saturated carbocycles. The zero-order valence-electron chi connectivity index (χ0n) is 10.4. The summed E-state index contributed by atoms with van der Waals surface area (Å²) in [6, 6.07) is 8.18. The molecule has 0 saturated heterocycles. The van der Waals surface area contributed by atoms with Gasteiger partial charge in [-0.25, -0.2) is 4.98 Å². The fourth-order valence-electron chi connectivity index (χ4n) is 2.03. The minimum atomic E-state index is 0.497. The molecule has 0 aliphatic rings. The zero-order chi connectivity index (χ0) is 13.0. The van der Waals surface area contributed by atoms with E-state index in [1.807, 2.05) is 30.0 Å². The summed E-state index contributed by atoms with van der Waals surface area (Å²) in [5, 5.41) is 0. The van der Waals surface area contributed by atoms with Crippen LogP contribution in [0.4, 0.5) is 0 Å². The second-order valence-electron chi connectivity index (χ2n) is 4.16. The molecular weight excluding hydrogens is 262 g/mol. The minimum absolute atomic E-state index is 0.497. The molecule has 5 heteroatoms. The average molecular weight is 279 g/mol. The van der Waals surface area contributed by atoms with E-state index in [2.05, 4.69) is 21.9 Å². The molecule has 2 rings (SSSR count). The molecule has 1 aromatic heterocycles. The zero-order valence-corrected chi connectivity index (χ0v) is 12.1. The topological polar surface area (TPSA) is 43.8 Å². The summed E-state index contributed by atoms with van der Waals surface area (Å²) in [5.41, 5.74) is 7.84. The number of nitrogens with zero attached hydrogens (tertiary/aromatic N) is 2. The van der Waals surface area contributed by atoms with Crippen molar-refractivity contribution in [3.63, 3.8) is 0 Å². The van der Waals surface area contributed by atoms with Crippen molar-refractivity contribution in [2.75, 3.05) is 12.0 Å². The number of aryl methyl sites for hydroxylation is 1. The molecule has 0 amide bonds. The molecule has 96 valence electrons. The highest BCUT2D eigenvalue weighted by Gasteiger charge is 2.10. The number of hydrogen-bond acceptors (Lipinski definition) is 3. The lowest BCUT2D eigenvalue weighted by Gasteiger charge is -2.08. The van der Waals surface area contributed by atoms with Crippen LogP contribution in [0.25, 0.3) is 11.0 Å². The third-order valence-electron chi connectivity index (χ3n) is 2.80. The van der Waals surface area contributed by atoms with E-state index >= 15 is 0 Å². The third-order valence-corrected chi connectivity index (χ3v) is 3.64. The molecule has 0 atom stereocenters. The van der Waals surface area contributed by atoms with Gasteiger partial charge in [-0.15, -0.1) is 0 Å². The van der Waals surface area contributed by atoms with Gasteiger partial charge in [0.05, 0.1) is 22.4 Å². The van der Waals surface area contributed by atoms with E-state index in [0.29, 0.717) is 11.4 Å². The predicted molar refractivity (Wildman–Crippen MR) is 83.2 cm³/mol. The lowest BCUT2D eigenvalue weighted by molar-refractivity contribution is 0.674. The van der Waals surface area contributed by atoms with Gasteiger partial charge in [0.15, 0.2) is 0 Å². The molecule has 1 heterocycles. The standard InChI is InChI=1S/C13H17N3S2/c1-18-8-4-7-16-11-6-3-2-5-10(11)15-13(16)9-12(14)17/h2-3,5-6H,4,7-9H2,1H3,(H2,14,17). The summed E-state index contributed by atoms with van der Waals surface area (Å²) < 4.78 is 2.24. The Labute approximate surface area is 117 Å². The molecular formula is C13H17N3S2. The van der Waals surface area contributed by atoms with Gasteiger partial charge < -0.3 is 10.3 Å². The number of hydrogen-bond donors (Lipinski definition) is 1. The Kier molecular flexibility index (Phi) is 4.60. The highest BCUT2D eigenvalue weighted by molar-refractivity contribution is 7.98. The molecule has 2 N–H and O–H groups in total. The molecule has 1 aromatic carbocycles. The summed E-state index contributed by atoms with van der Waals surface area (Å²) in [7, 11) is 0. The number of fused-ring (bicyclic) bond motifs is 1. The quantitative estimate of drug-likeness (QED) is 0.652. The Morgan fingerprint density at radius 2 is 2.22 bits per heavy atom. The SMILES string of the molecule is CSCCCn1c(CC(N)=S)nc2ccccc21. The van der Waals surface area contributed by atoms with E-state index in [-0.39, 0.29) is 0 Å². The fourth-order valence-corrected chi connectivity index (χ4v) is 2.58. The summed E-state index contributed by atoms with van der Waals surface area (Å²) in [6.07, 6.45) is 3.83. The van der Waals surface area contributed by atoms with Crippen LogP contribution >= 0.6 is 24.0 Å². The number of rotatable bonds is 6. The van der Waals surface area contributed by atoms with Crippen molar-refractivity contribution in [2.45, 2.75) is 19.4 Å². The first-order valence-corrected chi connectivity index (χ1v) is 7.74. The fraction of sp³-hybridized carbons (Fsp3) is 0.385. The van der Waals surface area contributed by atoms with Gasteiger partial charge in [0, 0.05) is 6.54 Å². The highest BCUT2D eigenvalue weighted by Crippen LogP contribution is 2.17.